The zero-order valence-corrected chi connectivity index (χ0v) is 12.2. The fourth-order valence-electron chi connectivity index (χ4n) is 1.19. The topological polar surface area (TPSA) is 61.6 Å². The van der Waals surface area contributed by atoms with Crippen LogP contribution in [0.5, 0.6) is 0 Å². The van der Waals surface area contributed by atoms with E-state index in [4.69, 9.17) is 5.26 Å². The van der Waals surface area contributed by atoms with Gasteiger partial charge in [0.15, 0.2) is 0 Å². The van der Waals surface area contributed by atoms with E-state index < -0.39 is 0 Å². The molecule has 1 N–H and O–H groups in total. The van der Waals surface area contributed by atoms with E-state index in [1.807, 2.05) is 24.3 Å². The van der Waals surface area contributed by atoms with Gasteiger partial charge in [0.1, 0.15) is 11.8 Å². The highest BCUT2D eigenvalue weighted by Crippen LogP contribution is 2.26. The molecule has 0 aliphatic carbocycles. The second-order valence-corrected chi connectivity index (χ2v) is 5.23. The lowest BCUT2D eigenvalue weighted by atomic mass is 10.3. The predicted molar refractivity (Wildman–Crippen MR) is 76.9 cm³/mol. The number of benzene rings is 1. The van der Waals surface area contributed by atoms with Gasteiger partial charge in [-0.25, -0.2) is 9.97 Å². The Bertz CT molecular complexity index is 594. The average molecular weight is 401 g/mol. The summed E-state index contributed by atoms with van der Waals surface area (Å²) in [6.45, 7) is 0. The number of anilines is 2. The van der Waals surface area contributed by atoms with Crippen molar-refractivity contribution in [3.05, 3.63) is 44.2 Å². The van der Waals surface area contributed by atoms with Gasteiger partial charge in [-0.15, -0.1) is 0 Å². The Morgan fingerprint density at radius 1 is 1.35 bits per heavy atom. The monoisotopic (exact) mass is 400 g/mol. The van der Waals surface area contributed by atoms with E-state index in [2.05, 4.69) is 53.8 Å². The maximum Gasteiger partial charge on any atom is 0.228 e. The van der Waals surface area contributed by atoms with Gasteiger partial charge in [0.2, 0.25) is 5.95 Å². The molecule has 0 saturated carbocycles. The minimum atomic E-state index is 0.337. The summed E-state index contributed by atoms with van der Waals surface area (Å²) in [5.74, 6) is 0.408. The van der Waals surface area contributed by atoms with Crippen molar-refractivity contribution in [3.63, 3.8) is 0 Å². The second kappa shape index (κ2) is 5.42. The van der Waals surface area contributed by atoms with Crippen LogP contribution < -0.4 is 5.32 Å². The Hall–Kier alpha value is -1.20. The molecule has 4 nitrogen and oxygen atoms in total. The van der Waals surface area contributed by atoms with Crippen LogP contribution >= 0.6 is 38.5 Å². The normalized spacial score (nSPS) is 9.71. The van der Waals surface area contributed by atoms with Gasteiger partial charge in [0.05, 0.1) is 5.69 Å². The van der Waals surface area contributed by atoms with Crippen molar-refractivity contribution >= 4 is 50.2 Å². The Morgan fingerprint density at radius 2 is 2.18 bits per heavy atom. The molecular weight excluding hydrogens is 395 g/mol. The van der Waals surface area contributed by atoms with Gasteiger partial charge in [-0.1, -0.05) is 0 Å². The van der Waals surface area contributed by atoms with Gasteiger partial charge >= 0.3 is 0 Å². The average Bonchev–Trinajstić information content (AvgIpc) is 2.33. The summed E-state index contributed by atoms with van der Waals surface area (Å²) in [4.78, 5) is 8.09. The zero-order chi connectivity index (χ0) is 12.3. The van der Waals surface area contributed by atoms with Crippen LogP contribution in [0.4, 0.5) is 11.6 Å². The van der Waals surface area contributed by atoms with Gasteiger partial charge in [-0.3, -0.25) is 0 Å². The van der Waals surface area contributed by atoms with Crippen LogP contribution in [0.2, 0.25) is 0 Å². The molecule has 0 amide bonds. The Balaban J connectivity index is 2.28. The Labute approximate surface area is 120 Å². The van der Waals surface area contributed by atoms with Crippen LogP contribution in [0.1, 0.15) is 5.69 Å². The molecule has 0 unspecified atom stereocenters. The maximum atomic E-state index is 8.74. The largest absolute Gasteiger partial charge is 0.323 e. The minimum Gasteiger partial charge on any atom is -0.323 e. The highest BCUT2D eigenvalue weighted by atomic mass is 127. The van der Waals surface area contributed by atoms with Crippen LogP contribution in [-0.4, -0.2) is 9.97 Å². The number of hydrogen-bond acceptors (Lipinski definition) is 4. The van der Waals surface area contributed by atoms with E-state index in [-0.39, 0.29) is 0 Å². The molecule has 0 spiro atoms. The molecule has 0 aliphatic heterocycles. The number of nitrogens with zero attached hydrogens (tertiary/aromatic N) is 3. The van der Waals surface area contributed by atoms with Crippen molar-refractivity contribution in [1.82, 2.24) is 9.97 Å². The number of rotatable bonds is 2. The molecule has 1 aromatic carbocycles. The van der Waals surface area contributed by atoms with Crippen molar-refractivity contribution in [2.75, 3.05) is 5.32 Å². The first-order valence-corrected chi connectivity index (χ1v) is 6.51. The van der Waals surface area contributed by atoms with E-state index >= 15 is 0 Å². The first-order chi connectivity index (χ1) is 8.19. The fourth-order valence-corrected chi connectivity index (χ4v) is 2.59. The van der Waals surface area contributed by atoms with Crippen LogP contribution in [0.3, 0.4) is 0 Å². The minimum absolute atomic E-state index is 0.337. The smallest absolute Gasteiger partial charge is 0.228 e. The standard InChI is InChI=1S/C11H6BrIN4/c12-9-5-7(13)1-2-10(9)17-11-15-4-3-8(6-14)16-11/h1-5H,(H,15,16,17). The van der Waals surface area contributed by atoms with Crippen LogP contribution in [0, 0.1) is 14.9 Å². The number of nitriles is 1. The van der Waals surface area contributed by atoms with E-state index in [1.54, 1.807) is 12.3 Å². The lowest BCUT2D eigenvalue weighted by Crippen LogP contribution is -1.98. The first-order valence-electron chi connectivity index (χ1n) is 4.64. The summed E-state index contributed by atoms with van der Waals surface area (Å²) in [5.41, 5.74) is 1.20. The molecule has 0 saturated heterocycles. The molecular formula is C11H6BrIN4. The van der Waals surface area contributed by atoms with Gasteiger partial charge in [-0.2, -0.15) is 5.26 Å². The first kappa shape index (κ1) is 12.3. The van der Waals surface area contributed by atoms with Crippen molar-refractivity contribution < 1.29 is 0 Å². The molecule has 0 fully saturated rings. The molecule has 0 aliphatic rings. The molecule has 6 heteroatoms. The van der Waals surface area contributed by atoms with Crippen molar-refractivity contribution in [3.8, 4) is 6.07 Å². The van der Waals surface area contributed by atoms with Crippen LogP contribution in [0.15, 0.2) is 34.9 Å². The fraction of sp³-hybridized carbons (Fsp3) is 0. The third-order valence-electron chi connectivity index (χ3n) is 1.95. The second-order valence-electron chi connectivity index (χ2n) is 3.13. The van der Waals surface area contributed by atoms with Gasteiger partial charge in [0.25, 0.3) is 0 Å². The molecule has 0 bridgehead atoms. The SMILES string of the molecule is N#Cc1ccnc(Nc2ccc(I)cc2Br)n1. The summed E-state index contributed by atoms with van der Waals surface area (Å²) < 4.78 is 2.06. The summed E-state index contributed by atoms with van der Waals surface area (Å²) in [6, 6.07) is 9.42. The lowest BCUT2D eigenvalue weighted by molar-refractivity contribution is 1.14. The van der Waals surface area contributed by atoms with Crippen molar-refractivity contribution in [2.24, 2.45) is 0 Å². The Kier molecular flexibility index (Phi) is 3.91. The van der Waals surface area contributed by atoms with Crippen molar-refractivity contribution in [1.29, 1.82) is 5.26 Å². The number of hydrogen-bond donors (Lipinski definition) is 1. The van der Waals surface area contributed by atoms with E-state index in [9.17, 15) is 0 Å². The van der Waals surface area contributed by atoms with E-state index in [0.29, 0.717) is 11.6 Å². The summed E-state index contributed by atoms with van der Waals surface area (Å²) >= 11 is 5.68. The van der Waals surface area contributed by atoms with Gasteiger partial charge < -0.3 is 5.32 Å². The number of nitrogens with one attached hydrogen (secondary N) is 1. The van der Waals surface area contributed by atoms with Gasteiger partial charge in [-0.05, 0) is 62.8 Å². The summed E-state index contributed by atoms with van der Waals surface area (Å²) in [5, 5.41) is 11.8. The van der Waals surface area contributed by atoms with Crippen LogP contribution in [-0.2, 0) is 0 Å². The van der Waals surface area contributed by atoms with Gasteiger partial charge in [0, 0.05) is 14.2 Å². The molecule has 1 heterocycles. The molecule has 17 heavy (non-hydrogen) atoms. The molecule has 0 radical (unpaired) electrons. The predicted octanol–water partition coefficient (Wildman–Crippen LogP) is 3.46. The van der Waals surface area contributed by atoms with E-state index in [1.165, 1.54) is 0 Å². The molecule has 1 aromatic heterocycles. The highest BCUT2D eigenvalue weighted by molar-refractivity contribution is 14.1. The number of halogens is 2. The van der Waals surface area contributed by atoms with Crippen LogP contribution in [0.25, 0.3) is 0 Å². The van der Waals surface area contributed by atoms with E-state index in [0.717, 1.165) is 13.7 Å². The zero-order valence-electron chi connectivity index (χ0n) is 8.48. The highest BCUT2D eigenvalue weighted by Gasteiger charge is 2.03. The Morgan fingerprint density at radius 3 is 2.88 bits per heavy atom. The summed E-state index contributed by atoms with van der Waals surface area (Å²) in [7, 11) is 0. The molecule has 2 aromatic rings. The number of aromatic nitrogens is 2. The molecule has 2 rings (SSSR count). The quantitative estimate of drug-likeness (QED) is 0.784. The lowest BCUT2D eigenvalue weighted by Gasteiger charge is -2.07. The third kappa shape index (κ3) is 3.14. The molecule has 84 valence electrons. The maximum absolute atomic E-state index is 8.74. The summed E-state index contributed by atoms with van der Waals surface area (Å²) in [6.07, 6.45) is 1.55. The van der Waals surface area contributed by atoms with Crippen molar-refractivity contribution in [2.45, 2.75) is 0 Å². The third-order valence-corrected chi connectivity index (χ3v) is 3.27. The molecule has 0 atom stereocenters.